The van der Waals surface area contributed by atoms with Crippen molar-refractivity contribution in [2.24, 2.45) is 0 Å². The van der Waals surface area contributed by atoms with Crippen molar-refractivity contribution in [2.45, 2.75) is 6.42 Å². The lowest BCUT2D eigenvalue weighted by Gasteiger charge is -2.16. The van der Waals surface area contributed by atoms with Gasteiger partial charge in [-0.15, -0.1) is 0 Å². The summed E-state index contributed by atoms with van der Waals surface area (Å²) in [5.74, 6) is 5.50. The first-order valence-corrected chi connectivity index (χ1v) is 40.6. The number of nitrogens with zero attached hydrogens (tertiary/aromatic N) is 13. The lowest BCUT2D eigenvalue weighted by Crippen LogP contribution is -2.05. The van der Waals surface area contributed by atoms with E-state index in [0.29, 0.717) is 69.6 Å². The lowest BCUT2D eigenvalue weighted by atomic mass is 9.99. The van der Waals surface area contributed by atoms with Crippen LogP contribution in [0.4, 0.5) is 4.39 Å². The van der Waals surface area contributed by atoms with Crippen molar-refractivity contribution in [2.75, 3.05) is 0 Å². The van der Waals surface area contributed by atoms with Gasteiger partial charge in [-0.1, -0.05) is 364 Å². The molecule has 580 valence electrons. The van der Waals surface area contributed by atoms with Gasteiger partial charge < -0.3 is 4.57 Å². The minimum Gasteiger partial charge on any atom is -0.309 e. The van der Waals surface area contributed by atoms with Gasteiger partial charge in [0.15, 0.2) is 69.9 Å². The fraction of sp³-hybridized carbons (Fsp3) is 0.00917. The Bertz CT molecular complexity index is 7140. The number of halogens is 1. The topological polar surface area (TPSA) is 160 Å². The molecular weight excluding hydrogens is 1510 g/mol. The smallest absolute Gasteiger partial charge is 0.167 e. The molecule has 5 aromatic heterocycles. The molecule has 16 aromatic carbocycles. The highest BCUT2D eigenvalue weighted by Gasteiger charge is 2.25. The molecule has 5 heterocycles. The molecule has 0 atom stereocenters. The normalized spacial score (nSPS) is 11.3. The predicted octanol–water partition coefficient (Wildman–Crippen LogP) is 25.9. The summed E-state index contributed by atoms with van der Waals surface area (Å²) in [5.41, 5.74) is 23.0. The zero-order valence-electron chi connectivity index (χ0n) is 66.3. The summed E-state index contributed by atoms with van der Waals surface area (Å²) in [4.78, 5) is 59.2. The number of hydrogen-bond donors (Lipinski definition) is 0. The Morgan fingerprint density at radius 2 is 0.439 bits per heavy atom. The van der Waals surface area contributed by atoms with E-state index in [1.54, 1.807) is 12.1 Å². The Balaban J connectivity index is 0.000000133. The van der Waals surface area contributed by atoms with Crippen LogP contribution in [-0.4, -0.2) is 64.4 Å². The van der Waals surface area contributed by atoms with Crippen LogP contribution in [0.25, 0.3) is 198 Å². The highest BCUT2D eigenvalue weighted by molar-refractivity contribution is 6.11. The van der Waals surface area contributed by atoms with E-state index in [1.165, 1.54) is 45.0 Å². The van der Waals surface area contributed by atoms with Gasteiger partial charge in [0.2, 0.25) is 0 Å². The molecule has 0 saturated carbocycles. The molecule has 13 nitrogen and oxygen atoms in total. The second-order valence-corrected chi connectivity index (χ2v) is 29.6. The number of aromatic nitrogens is 13. The lowest BCUT2D eigenvalue weighted by molar-refractivity contribution is 0.630. The molecule has 123 heavy (non-hydrogen) atoms. The molecule has 0 fully saturated rings. The minimum atomic E-state index is -0.464. The second kappa shape index (κ2) is 34.1. The van der Waals surface area contributed by atoms with Crippen LogP contribution in [-0.2, 0) is 6.42 Å². The maximum atomic E-state index is 15.6. The van der Waals surface area contributed by atoms with Crippen molar-refractivity contribution in [3.63, 3.8) is 0 Å². The van der Waals surface area contributed by atoms with Crippen LogP contribution in [0.5, 0.6) is 0 Å². The number of benzene rings is 16. The van der Waals surface area contributed by atoms with E-state index in [-0.39, 0.29) is 11.4 Å². The van der Waals surface area contributed by atoms with Crippen molar-refractivity contribution in [1.82, 2.24) is 64.4 Å². The Labute approximate surface area is 709 Å². The van der Waals surface area contributed by atoms with Crippen LogP contribution in [0.1, 0.15) is 11.1 Å². The maximum Gasteiger partial charge on any atom is 0.167 e. The molecule has 0 aliphatic heterocycles. The third kappa shape index (κ3) is 16.0. The van der Waals surface area contributed by atoms with Crippen LogP contribution >= 0.6 is 0 Å². The number of rotatable bonds is 15. The van der Waals surface area contributed by atoms with E-state index in [4.69, 9.17) is 59.8 Å². The fourth-order valence-corrected chi connectivity index (χ4v) is 15.6. The van der Waals surface area contributed by atoms with E-state index >= 15 is 4.39 Å². The number of para-hydroxylation sites is 1. The van der Waals surface area contributed by atoms with Crippen LogP contribution < -0.4 is 0 Å². The van der Waals surface area contributed by atoms with Crippen LogP contribution in [0, 0.1) is 5.82 Å². The standard InChI is InChI=1S/C54H35N7.C36H23FN6.C19H14/c1-6-18-36(19-7-1)41-30-32-47-44(34-41)43-28-16-17-29-46(43)61(47)48-33-31-42(53-57-49(37-20-8-2-9-21-37)55-50(58-53)38-22-10-3-11-23-38)35-45(48)54-59-51(39-24-12-4-13-25-39)56-52(60-54)40-26-14-5-15-27-40;37-30-22-21-28(35-40-31(24-13-5-1-6-14-24)38-32(41-35)25-15-7-2-8-16-25)23-29(30)36-42-33(26-17-9-3-10-18-26)39-34(43-36)27-19-11-4-12-20-27;1-2-6-14(7-3-1)15-10-11-17-12-16-8-4-5-9-18(16)19(17)13-15/h1-35H;1-23H;1-11,13H,12H2. The summed E-state index contributed by atoms with van der Waals surface area (Å²) in [7, 11) is 0. The molecule has 0 bridgehead atoms. The molecule has 14 heteroatoms. The average molecular weight is 1580 g/mol. The first-order valence-electron chi connectivity index (χ1n) is 40.6. The van der Waals surface area contributed by atoms with Crippen molar-refractivity contribution < 1.29 is 4.39 Å². The molecular formula is C109H72FN13. The molecule has 0 radical (unpaired) electrons. The SMILES string of the molecule is Fc1ccc(-c2nc(-c3ccccc3)nc(-c3ccccc3)n2)cc1-c1nc(-c2ccccc2)nc(-c2ccccc2)n1.c1ccc(-c2ccc3c(c2)-c2ccccc2C3)cc1.c1ccc(-c2ccc3c(c2)c2ccccc2n3-c2ccc(-c3nc(-c4ccccc4)nc(-c4ccccc4)n3)cc2-c2nc(-c3ccccc3)nc(-c3ccccc3)n2)cc1. The van der Waals surface area contributed by atoms with E-state index in [9.17, 15) is 0 Å². The highest BCUT2D eigenvalue weighted by Crippen LogP contribution is 2.43. The summed E-state index contributed by atoms with van der Waals surface area (Å²) in [6.45, 7) is 0. The van der Waals surface area contributed by atoms with E-state index in [2.05, 4.69) is 168 Å². The summed E-state index contributed by atoms with van der Waals surface area (Å²) in [6.07, 6.45) is 1.07. The molecule has 0 amide bonds. The Morgan fingerprint density at radius 3 is 0.837 bits per heavy atom. The Morgan fingerprint density at radius 1 is 0.171 bits per heavy atom. The van der Waals surface area contributed by atoms with Crippen LogP contribution in [0.15, 0.2) is 425 Å². The molecule has 0 N–H and O–H groups in total. The summed E-state index contributed by atoms with van der Waals surface area (Å²) in [5, 5.41) is 2.29. The van der Waals surface area contributed by atoms with Gasteiger partial charge in [-0.2, -0.15) is 0 Å². The van der Waals surface area contributed by atoms with Gasteiger partial charge in [0, 0.05) is 72.0 Å². The monoisotopic (exact) mass is 1580 g/mol. The van der Waals surface area contributed by atoms with Gasteiger partial charge in [-0.3, -0.25) is 0 Å². The highest BCUT2D eigenvalue weighted by atomic mass is 19.1. The summed E-state index contributed by atoms with van der Waals surface area (Å²) < 4.78 is 17.9. The Kier molecular flexibility index (Phi) is 20.8. The maximum absolute atomic E-state index is 15.6. The summed E-state index contributed by atoms with van der Waals surface area (Å²) >= 11 is 0. The molecule has 1 aliphatic rings. The van der Waals surface area contributed by atoms with Crippen molar-refractivity contribution in [3.05, 3.63) is 442 Å². The number of fused-ring (bicyclic) bond motifs is 6. The average Bonchev–Trinajstić information content (AvgIpc) is 1.59. The molecule has 22 rings (SSSR count). The van der Waals surface area contributed by atoms with Gasteiger partial charge in [0.25, 0.3) is 0 Å². The van der Waals surface area contributed by atoms with Gasteiger partial charge in [0.05, 0.1) is 22.3 Å². The third-order valence-electron chi connectivity index (χ3n) is 21.7. The molecule has 0 saturated heterocycles. The molecule has 21 aromatic rings. The molecule has 0 unspecified atom stereocenters. The second-order valence-electron chi connectivity index (χ2n) is 29.6. The van der Waals surface area contributed by atoms with Crippen LogP contribution in [0.3, 0.4) is 0 Å². The largest absolute Gasteiger partial charge is 0.309 e. The zero-order chi connectivity index (χ0) is 82.2. The van der Waals surface area contributed by atoms with Gasteiger partial charge in [-0.05, 0) is 112 Å². The van der Waals surface area contributed by atoms with Gasteiger partial charge in [-0.25, -0.2) is 64.2 Å². The van der Waals surface area contributed by atoms with Crippen molar-refractivity contribution in [1.29, 1.82) is 0 Å². The van der Waals surface area contributed by atoms with Crippen molar-refractivity contribution in [3.8, 4) is 176 Å². The van der Waals surface area contributed by atoms with Crippen LogP contribution in [0.2, 0.25) is 0 Å². The first kappa shape index (κ1) is 75.1. The van der Waals surface area contributed by atoms with Crippen molar-refractivity contribution >= 4 is 21.8 Å². The minimum absolute atomic E-state index is 0.215. The van der Waals surface area contributed by atoms with E-state index < -0.39 is 5.82 Å². The van der Waals surface area contributed by atoms with E-state index in [0.717, 1.165) is 95.1 Å². The van der Waals surface area contributed by atoms with E-state index in [1.807, 2.05) is 243 Å². The fourth-order valence-electron chi connectivity index (χ4n) is 15.6. The predicted molar refractivity (Wildman–Crippen MR) is 492 cm³/mol. The quantitative estimate of drug-likeness (QED) is 0.0957. The number of hydrogen-bond acceptors (Lipinski definition) is 12. The first-order chi connectivity index (χ1) is 60.9. The summed E-state index contributed by atoms with van der Waals surface area (Å²) in [6, 6.07) is 142. The zero-order valence-corrected chi connectivity index (χ0v) is 66.3. The molecule has 1 aliphatic carbocycles. The van der Waals surface area contributed by atoms with Gasteiger partial charge in [0.1, 0.15) is 5.82 Å². The van der Waals surface area contributed by atoms with Gasteiger partial charge >= 0.3 is 0 Å². The Hall–Kier alpha value is -16.7. The third-order valence-corrected chi connectivity index (χ3v) is 21.7. The molecule has 0 spiro atoms.